The molecule has 102 valence electrons. The van der Waals surface area contributed by atoms with Gasteiger partial charge >= 0.3 is 0 Å². The normalized spacial score (nSPS) is 11.3. The van der Waals surface area contributed by atoms with Crippen molar-refractivity contribution in [3.63, 3.8) is 0 Å². The largest absolute Gasteiger partial charge is 0.454 e. The Labute approximate surface area is 122 Å². The first-order valence-electron chi connectivity index (χ1n) is 6.92. The van der Waals surface area contributed by atoms with Gasteiger partial charge in [-0.05, 0) is 55.3 Å². The van der Waals surface area contributed by atoms with Gasteiger partial charge in [0, 0.05) is 28.7 Å². The van der Waals surface area contributed by atoms with E-state index in [1.165, 1.54) is 5.56 Å². The number of aromatic nitrogens is 2. The van der Waals surface area contributed by atoms with Crippen molar-refractivity contribution >= 4 is 21.9 Å². The van der Waals surface area contributed by atoms with Crippen molar-refractivity contribution in [3.8, 4) is 11.3 Å². The lowest BCUT2D eigenvalue weighted by molar-refractivity contribution is 0.666. The highest BCUT2D eigenvalue weighted by Crippen LogP contribution is 2.33. The zero-order chi connectivity index (χ0) is 14.4. The molecule has 0 saturated heterocycles. The number of nitrogens with zero attached hydrogens (tertiary/aromatic N) is 2. The summed E-state index contributed by atoms with van der Waals surface area (Å²) in [5.74, 6) is 0. The van der Waals surface area contributed by atoms with E-state index in [1.54, 1.807) is 12.4 Å². The molecule has 0 aliphatic carbocycles. The summed E-state index contributed by atoms with van der Waals surface area (Å²) < 4.78 is 5.86. The molecule has 3 nitrogen and oxygen atoms in total. The number of hydrogen-bond acceptors (Lipinski definition) is 3. The van der Waals surface area contributed by atoms with Gasteiger partial charge in [-0.25, -0.2) is 0 Å². The molecule has 0 spiro atoms. The molecule has 4 rings (SSSR count). The summed E-state index contributed by atoms with van der Waals surface area (Å²) in [6.45, 7) is 4.17. The van der Waals surface area contributed by atoms with E-state index >= 15 is 0 Å². The standard InChI is InChI=1S/C18H14N2O/c1-11-3-6-20-16(7-11)14-9-15-13-4-5-19-10-18(13)21-17(15)8-12(14)2/h3-10H,1-2H3. The van der Waals surface area contributed by atoms with Crippen molar-refractivity contribution in [2.24, 2.45) is 0 Å². The predicted octanol–water partition coefficient (Wildman–Crippen LogP) is 4.66. The molecule has 0 N–H and O–H groups in total. The summed E-state index contributed by atoms with van der Waals surface area (Å²) in [6.07, 6.45) is 5.41. The molecule has 0 aliphatic heterocycles. The number of rotatable bonds is 1. The monoisotopic (exact) mass is 274 g/mol. The van der Waals surface area contributed by atoms with E-state index in [2.05, 4.69) is 42.0 Å². The zero-order valence-electron chi connectivity index (χ0n) is 11.9. The van der Waals surface area contributed by atoms with Gasteiger partial charge in [0.2, 0.25) is 0 Å². The quantitative estimate of drug-likeness (QED) is 0.506. The van der Waals surface area contributed by atoms with Gasteiger partial charge < -0.3 is 4.42 Å². The Morgan fingerprint density at radius 3 is 2.67 bits per heavy atom. The van der Waals surface area contributed by atoms with Gasteiger partial charge in [0.1, 0.15) is 5.58 Å². The molecule has 0 bridgehead atoms. The predicted molar refractivity (Wildman–Crippen MR) is 84.2 cm³/mol. The Morgan fingerprint density at radius 1 is 0.905 bits per heavy atom. The van der Waals surface area contributed by atoms with Crippen LogP contribution in [0.3, 0.4) is 0 Å². The van der Waals surface area contributed by atoms with Crippen LogP contribution in [-0.4, -0.2) is 9.97 Å². The maximum absolute atomic E-state index is 5.86. The van der Waals surface area contributed by atoms with Crippen LogP contribution < -0.4 is 0 Å². The van der Waals surface area contributed by atoms with Crippen LogP contribution in [0.2, 0.25) is 0 Å². The number of hydrogen-bond donors (Lipinski definition) is 0. The molecular formula is C18H14N2O. The molecule has 0 unspecified atom stereocenters. The third-order valence-corrected chi connectivity index (χ3v) is 3.81. The van der Waals surface area contributed by atoms with Gasteiger partial charge in [0.25, 0.3) is 0 Å². The van der Waals surface area contributed by atoms with Crippen molar-refractivity contribution in [3.05, 3.63) is 60.0 Å². The molecule has 3 aromatic heterocycles. The topological polar surface area (TPSA) is 38.9 Å². The molecule has 21 heavy (non-hydrogen) atoms. The van der Waals surface area contributed by atoms with E-state index in [1.807, 2.05) is 18.3 Å². The fourth-order valence-electron chi connectivity index (χ4n) is 2.74. The molecule has 0 atom stereocenters. The second-order valence-corrected chi connectivity index (χ2v) is 5.36. The second-order valence-electron chi connectivity index (χ2n) is 5.36. The van der Waals surface area contributed by atoms with Crippen molar-refractivity contribution in [2.75, 3.05) is 0 Å². The smallest absolute Gasteiger partial charge is 0.153 e. The average Bonchev–Trinajstić information content (AvgIpc) is 2.83. The van der Waals surface area contributed by atoms with Gasteiger partial charge in [-0.3, -0.25) is 9.97 Å². The van der Waals surface area contributed by atoms with Crippen LogP contribution in [0.25, 0.3) is 33.2 Å². The van der Waals surface area contributed by atoms with E-state index < -0.39 is 0 Å². The van der Waals surface area contributed by atoms with Crippen LogP contribution in [-0.2, 0) is 0 Å². The summed E-state index contributed by atoms with van der Waals surface area (Å²) >= 11 is 0. The summed E-state index contributed by atoms with van der Waals surface area (Å²) in [6, 6.07) is 10.4. The summed E-state index contributed by atoms with van der Waals surface area (Å²) in [4.78, 5) is 8.62. The number of furan rings is 1. The molecular weight excluding hydrogens is 260 g/mol. The second kappa shape index (κ2) is 4.42. The van der Waals surface area contributed by atoms with Gasteiger partial charge in [0.05, 0.1) is 11.9 Å². The van der Waals surface area contributed by atoms with Crippen LogP contribution in [0.15, 0.2) is 53.3 Å². The van der Waals surface area contributed by atoms with Gasteiger partial charge in [-0.2, -0.15) is 0 Å². The van der Waals surface area contributed by atoms with Crippen molar-refractivity contribution in [1.82, 2.24) is 9.97 Å². The minimum atomic E-state index is 0.821. The molecule has 0 aliphatic rings. The van der Waals surface area contributed by atoms with Crippen LogP contribution in [0.4, 0.5) is 0 Å². The highest BCUT2D eigenvalue weighted by atomic mass is 16.3. The van der Waals surface area contributed by atoms with E-state index in [-0.39, 0.29) is 0 Å². The number of pyridine rings is 2. The van der Waals surface area contributed by atoms with Crippen molar-refractivity contribution in [2.45, 2.75) is 13.8 Å². The van der Waals surface area contributed by atoms with Crippen molar-refractivity contribution in [1.29, 1.82) is 0 Å². The lowest BCUT2D eigenvalue weighted by Crippen LogP contribution is -1.88. The van der Waals surface area contributed by atoms with Gasteiger partial charge in [-0.15, -0.1) is 0 Å². The van der Waals surface area contributed by atoms with Crippen LogP contribution in [0.1, 0.15) is 11.1 Å². The molecule has 0 saturated carbocycles. The van der Waals surface area contributed by atoms with E-state index in [4.69, 9.17) is 4.42 Å². The minimum absolute atomic E-state index is 0.821. The summed E-state index contributed by atoms with van der Waals surface area (Å²) in [5, 5.41) is 2.20. The SMILES string of the molecule is Cc1ccnc(-c2cc3c(cc2C)oc2cnccc23)c1. The minimum Gasteiger partial charge on any atom is -0.454 e. The third-order valence-electron chi connectivity index (χ3n) is 3.81. The molecule has 1 aromatic carbocycles. The van der Waals surface area contributed by atoms with Crippen LogP contribution in [0.5, 0.6) is 0 Å². The zero-order valence-corrected chi connectivity index (χ0v) is 11.9. The first kappa shape index (κ1) is 12.1. The van der Waals surface area contributed by atoms with Crippen LogP contribution >= 0.6 is 0 Å². The Bertz CT molecular complexity index is 969. The fourth-order valence-corrected chi connectivity index (χ4v) is 2.74. The fraction of sp³-hybridized carbons (Fsp3) is 0.111. The number of aryl methyl sites for hydroxylation is 2. The van der Waals surface area contributed by atoms with E-state index in [9.17, 15) is 0 Å². The average molecular weight is 274 g/mol. The van der Waals surface area contributed by atoms with Crippen molar-refractivity contribution < 1.29 is 4.42 Å². The third kappa shape index (κ3) is 1.89. The first-order valence-corrected chi connectivity index (χ1v) is 6.92. The summed E-state index contributed by atoms with van der Waals surface area (Å²) in [5.41, 5.74) is 6.23. The molecule has 3 heterocycles. The Morgan fingerprint density at radius 2 is 1.81 bits per heavy atom. The molecule has 4 aromatic rings. The lowest BCUT2D eigenvalue weighted by atomic mass is 10.0. The Kier molecular flexibility index (Phi) is 2.54. The van der Waals surface area contributed by atoms with Gasteiger partial charge in [-0.1, -0.05) is 0 Å². The first-order chi connectivity index (χ1) is 10.2. The maximum atomic E-state index is 5.86. The lowest BCUT2D eigenvalue weighted by Gasteiger charge is -2.06. The molecule has 0 fully saturated rings. The number of benzene rings is 1. The Balaban J connectivity index is 2.05. The Hall–Kier alpha value is -2.68. The maximum Gasteiger partial charge on any atom is 0.153 e. The van der Waals surface area contributed by atoms with E-state index in [0.29, 0.717) is 0 Å². The van der Waals surface area contributed by atoms with Gasteiger partial charge in [0.15, 0.2) is 5.58 Å². The molecule has 0 radical (unpaired) electrons. The highest BCUT2D eigenvalue weighted by molar-refractivity contribution is 6.06. The highest BCUT2D eigenvalue weighted by Gasteiger charge is 2.11. The van der Waals surface area contributed by atoms with Crippen LogP contribution in [0, 0.1) is 13.8 Å². The summed E-state index contributed by atoms with van der Waals surface area (Å²) in [7, 11) is 0. The number of fused-ring (bicyclic) bond motifs is 3. The molecule has 0 amide bonds. The van der Waals surface area contributed by atoms with E-state index in [0.717, 1.165) is 38.8 Å². The molecule has 3 heteroatoms.